The maximum Gasteiger partial charge on any atom is 0.313 e. The summed E-state index contributed by atoms with van der Waals surface area (Å²) in [7, 11) is 0. The Morgan fingerprint density at radius 3 is 1.81 bits per heavy atom. The lowest BCUT2D eigenvalue weighted by atomic mass is 9.81. The number of ketones is 1. The summed E-state index contributed by atoms with van der Waals surface area (Å²) in [6.07, 6.45) is -0.0884. The molecule has 0 aliphatic carbocycles. The van der Waals surface area contributed by atoms with E-state index in [1.54, 1.807) is 6.92 Å². The molecule has 0 saturated carbocycles. The van der Waals surface area contributed by atoms with Crippen molar-refractivity contribution in [2.75, 3.05) is 6.61 Å². The van der Waals surface area contributed by atoms with Gasteiger partial charge in [0.2, 0.25) is 0 Å². The Balaban J connectivity index is 0. The number of carbonyl (C=O) groups excluding carboxylic acids is 2. The van der Waals surface area contributed by atoms with E-state index in [1.165, 1.54) is 0 Å². The molecule has 0 spiro atoms. The molecule has 3 nitrogen and oxygen atoms in total. The highest BCUT2D eigenvalue weighted by molar-refractivity contribution is 5.97. The molecule has 4 heteroatoms. The number of ether oxygens (including phenoxy) is 1. The van der Waals surface area contributed by atoms with Crippen molar-refractivity contribution in [1.29, 1.82) is 0 Å². The van der Waals surface area contributed by atoms with Crippen LogP contribution in [-0.2, 0) is 14.3 Å². The lowest BCUT2D eigenvalue weighted by Crippen LogP contribution is -2.28. The predicted octanol–water partition coefficient (Wildman–Crippen LogP) is 1.25. The molecule has 0 aromatic carbocycles. The molecule has 94 valence electrons. The van der Waals surface area contributed by atoms with E-state index >= 15 is 0 Å². The van der Waals surface area contributed by atoms with Crippen LogP contribution in [0.3, 0.4) is 0 Å². The molecule has 0 aromatic heterocycles. The Morgan fingerprint density at radius 1 is 1.06 bits per heavy atom. The number of esters is 1. The van der Waals surface area contributed by atoms with Crippen molar-refractivity contribution in [3.05, 3.63) is 0 Å². The molecule has 0 unspecified atom stereocenters. The molecule has 0 fully saturated rings. The molecule has 0 atom stereocenters. The number of carbonyl (C=O) groups is 2. The van der Waals surface area contributed by atoms with Gasteiger partial charge in [-0.25, -0.2) is 0 Å². The summed E-state index contributed by atoms with van der Waals surface area (Å²) in [4.78, 5) is 23.0. The van der Waals surface area contributed by atoms with Crippen LogP contribution >= 0.6 is 0 Å². The molecular formula is C12H25AlO3. The van der Waals surface area contributed by atoms with Gasteiger partial charge in [-0.3, -0.25) is 9.59 Å². The summed E-state index contributed by atoms with van der Waals surface area (Å²) >= 11 is 0. The van der Waals surface area contributed by atoms with Crippen molar-refractivity contribution >= 4 is 29.1 Å². The van der Waals surface area contributed by atoms with Crippen LogP contribution in [0.5, 0.6) is 0 Å². The van der Waals surface area contributed by atoms with E-state index in [0.29, 0.717) is 6.61 Å². The van der Waals surface area contributed by atoms with Crippen LogP contribution in [0.2, 0.25) is 0 Å². The first-order valence-electron chi connectivity index (χ1n) is 5.58. The Morgan fingerprint density at radius 2 is 1.50 bits per heavy atom. The number of hydrogen-bond donors (Lipinski definition) is 0. The summed E-state index contributed by atoms with van der Waals surface area (Å²) < 4.78 is 4.76. The minimum atomic E-state index is -0.409. The third kappa shape index (κ3) is 6.30. The van der Waals surface area contributed by atoms with E-state index in [1.807, 2.05) is 27.7 Å². The lowest BCUT2D eigenvalue weighted by Gasteiger charge is -2.22. The molecule has 16 heavy (non-hydrogen) atoms. The van der Waals surface area contributed by atoms with Crippen molar-refractivity contribution in [3.8, 4) is 0 Å². The molecule has 0 amide bonds. The van der Waals surface area contributed by atoms with Crippen molar-refractivity contribution in [3.63, 3.8) is 0 Å². The van der Waals surface area contributed by atoms with Gasteiger partial charge in [0.25, 0.3) is 0 Å². The van der Waals surface area contributed by atoms with E-state index in [0.717, 1.165) is 0 Å². The predicted molar refractivity (Wildman–Crippen MR) is 69.4 cm³/mol. The minimum absolute atomic E-state index is 0. The third-order valence-electron chi connectivity index (χ3n) is 2.43. The van der Waals surface area contributed by atoms with E-state index in [2.05, 4.69) is 0 Å². The quantitative estimate of drug-likeness (QED) is 0.401. The molecular weight excluding hydrogens is 219 g/mol. The van der Waals surface area contributed by atoms with Gasteiger partial charge in [0.15, 0.2) is 17.4 Å². The summed E-state index contributed by atoms with van der Waals surface area (Å²) in [5.74, 6) is 0.0838. The van der Waals surface area contributed by atoms with Crippen LogP contribution in [0.1, 0.15) is 41.0 Å². The van der Waals surface area contributed by atoms with E-state index in [9.17, 15) is 9.59 Å². The molecule has 0 heterocycles. The van der Waals surface area contributed by atoms with Gasteiger partial charge in [0, 0.05) is 5.92 Å². The average Bonchev–Trinajstić information content (AvgIpc) is 2.01. The van der Waals surface area contributed by atoms with Gasteiger partial charge in [0.1, 0.15) is 12.2 Å². The zero-order valence-corrected chi connectivity index (χ0v) is 10.4. The lowest BCUT2D eigenvalue weighted by molar-refractivity contribution is -0.146. The van der Waals surface area contributed by atoms with Crippen molar-refractivity contribution < 1.29 is 14.3 Å². The molecule has 0 N–H and O–H groups in total. The average molecular weight is 244 g/mol. The van der Waals surface area contributed by atoms with Crippen molar-refractivity contribution in [2.45, 2.75) is 41.0 Å². The first-order chi connectivity index (χ1) is 6.90. The fourth-order valence-electron chi connectivity index (χ4n) is 1.99. The standard InChI is InChI=1S/C12H22O3.Al.3H/c1-6-15-11(14)7-10(13)12(8(2)3)9(4)5;;;;/h8-9,12H,6-7H2,1-5H3;;;;. The Hall–Kier alpha value is -0.328. The van der Waals surface area contributed by atoms with Crippen LogP contribution < -0.4 is 0 Å². The van der Waals surface area contributed by atoms with E-state index in [-0.39, 0.29) is 47.3 Å². The minimum Gasteiger partial charge on any atom is -0.466 e. The first kappa shape index (κ1) is 18.0. The van der Waals surface area contributed by atoms with Gasteiger partial charge in [-0.1, -0.05) is 27.7 Å². The molecule has 0 radical (unpaired) electrons. The molecule has 0 rings (SSSR count). The highest BCUT2D eigenvalue weighted by Crippen LogP contribution is 2.22. The van der Waals surface area contributed by atoms with Gasteiger partial charge in [-0.15, -0.1) is 0 Å². The fraction of sp³-hybridized carbons (Fsp3) is 0.833. The van der Waals surface area contributed by atoms with Crippen molar-refractivity contribution in [2.24, 2.45) is 17.8 Å². The summed E-state index contributed by atoms with van der Waals surface area (Å²) in [6, 6.07) is 0. The molecule has 0 saturated heterocycles. The molecule has 0 aliphatic rings. The summed E-state index contributed by atoms with van der Waals surface area (Å²) in [5, 5.41) is 0. The zero-order chi connectivity index (χ0) is 12.0. The fourth-order valence-corrected chi connectivity index (χ4v) is 1.99. The Labute approximate surface area is 109 Å². The van der Waals surface area contributed by atoms with Gasteiger partial charge in [0.05, 0.1) is 6.61 Å². The van der Waals surface area contributed by atoms with Crippen LogP contribution in [0, 0.1) is 17.8 Å². The SMILES string of the molecule is CCOC(=O)CC(=O)C(C(C)C)C(C)C.[AlH3]. The highest BCUT2D eigenvalue weighted by Gasteiger charge is 2.27. The smallest absolute Gasteiger partial charge is 0.313 e. The Kier molecular flexibility index (Phi) is 9.91. The normalized spacial score (nSPS) is 10.5. The summed E-state index contributed by atoms with van der Waals surface area (Å²) in [5.41, 5.74) is 0. The first-order valence-corrected chi connectivity index (χ1v) is 5.58. The van der Waals surface area contributed by atoms with Gasteiger partial charge >= 0.3 is 5.97 Å². The third-order valence-corrected chi connectivity index (χ3v) is 2.43. The monoisotopic (exact) mass is 244 g/mol. The van der Waals surface area contributed by atoms with Gasteiger partial charge < -0.3 is 4.74 Å². The largest absolute Gasteiger partial charge is 0.466 e. The Bertz CT molecular complexity index is 216. The van der Waals surface area contributed by atoms with Crippen LogP contribution in [0.25, 0.3) is 0 Å². The highest BCUT2D eigenvalue weighted by atomic mass is 27.0. The van der Waals surface area contributed by atoms with Crippen LogP contribution in [0.4, 0.5) is 0 Å². The van der Waals surface area contributed by atoms with Gasteiger partial charge in [-0.05, 0) is 18.8 Å². The molecule has 0 aromatic rings. The topological polar surface area (TPSA) is 43.4 Å². The maximum atomic E-state index is 11.8. The number of rotatable bonds is 6. The summed E-state index contributed by atoms with van der Waals surface area (Å²) in [6.45, 7) is 10.1. The second kappa shape index (κ2) is 8.78. The van der Waals surface area contributed by atoms with E-state index in [4.69, 9.17) is 4.74 Å². The van der Waals surface area contributed by atoms with Gasteiger partial charge in [-0.2, -0.15) is 0 Å². The second-order valence-electron chi connectivity index (χ2n) is 4.46. The van der Waals surface area contributed by atoms with E-state index < -0.39 is 5.97 Å². The molecule has 0 aliphatic heterocycles. The van der Waals surface area contributed by atoms with Crippen LogP contribution in [-0.4, -0.2) is 35.7 Å². The number of Topliss-reactive ketones (excluding diaryl/α,β-unsaturated/α-hetero) is 1. The number of hydrogen-bond acceptors (Lipinski definition) is 3. The van der Waals surface area contributed by atoms with Crippen LogP contribution in [0.15, 0.2) is 0 Å². The zero-order valence-electron chi connectivity index (χ0n) is 10.4. The second-order valence-corrected chi connectivity index (χ2v) is 4.46. The van der Waals surface area contributed by atoms with Crippen molar-refractivity contribution in [1.82, 2.24) is 0 Å². The maximum absolute atomic E-state index is 11.8. The molecule has 0 bridgehead atoms.